The van der Waals surface area contributed by atoms with Crippen LogP contribution in [0, 0.1) is 0 Å². The Bertz CT molecular complexity index is 920. The Labute approximate surface area is 146 Å². The summed E-state index contributed by atoms with van der Waals surface area (Å²) in [5.41, 5.74) is 1.34. The number of ether oxygens (including phenoxy) is 1. The molecule has 0 atom stereocenters. The molecule has 6 nitrogen and oxygen atoms in total. The number of furan rings is 1. The maximum Gasteiger partial charge on any atom is 0.240 e. The minimum absolute atomic E-state index is 0.111. The minimum Gasteiger partial charge on any atom is -0.494 e. The number of aromatic nitrogens is 1. The molecule has 0 saturated heterocycles. The van der Waals surface area contributed by atoms with Crippen LogP contribution in [-0.4, -0.2) is 20.0 Å². The Morgan fingerprint density at radius 2 is 1.92 bits per heavy atom. The van der Waals surface area contributed by atoms with Crippen LogP contribution in [0.4, 0.5) is 0 Å². The van der Waals surface area contributed by atoms with E-state index >= 15 is 0 Å². The van der Waals surface area contributed by atoms with Gasteiger partial charge in [-0.25, -0.2) is 13.1 Å². The predicted octanol–water partition coefficient (Wildman–Crippen LogP) is 3.22. The summed E-state index contributed by atoms with van der Waals surface area (Å²) in [4.78, 5) is 4.46. The van der Waals surface area contributed by atoms with E-state index in [2.05, 4.69) is 9.71 Å². The number of benzene rings is 1. The molecule has 0 aliphatic rings. The molecule has 0 spiro atoms. The average Bonchev–Trinajstić information content (AvgIpc) is 3.16. The van der Waals surface area contributed by atoms with Gasteiger partial charge in [0.15, 0.2) is 5.76 Å². The number of hydrogen-bond donors (Lipinski definition) is 1. The van der Waals surface area contributed by atoms with Crippen LogP contribution in [0.1, 0.15) is 12.5 Å². The summed E-state index contributed by atoms with van der Waals surface area (Å²) in [5.74, 6) is 1.23. The lowest BCUT2D eigenvalue weighted by Crippen LogP contribution is -2.23. The van der Waals surface area contributed by atoms with Crippen molar-refractivity contribution in [3.8, 4) is 17.2 Å². The first-order valence-electron chi connectivity index (χ1n) is 7.80. The van der Waals surface area contributed by atoms with E-state index < -0.39 is 10.0 Å². The van der Waals surface area contributed by atoms with Crippen LogP contribution in [0.3, 0.4) is 0 Å². The van der Waals surface area contributed by atoms with Crippen molar-refractivity contribution >= 4 is 10.0 Å². The molecule has 0 saturated carbocycles. The van der Waals surface area contributed by atoms with E-state index in [1.165, 1.54) is 12.1 Å². The maximum absolute atomic E-state index is 12.5. The fraction of sp³-hybridized carbons (Fsp3) is 0.167. The predicted molar refractivity (Wildman–Crippen MR) is 93.6 cm³/mol. The van der Waals surface area contributed by atoms with Crippen LogP contribution in [0.15, 0.2) is 70.3 Å². The molecule has 0 unspecified atom stereocenters. The van der Waals surface area contributed by atoms with Crippen molar-refractivity contribution in [3.63, 3.8) is 0 Å². The lowest BCUT2D eigenvalue weighted by molar-refractivity contribution is 0.340. The molecular formula is C18H18N2O4S. The fourth-order valence-corrected chi connectivity index (χ4v) is 3.36. The molecule has 25 heavy (non-hydrogen) atoms. The zero-order chi connectivity index (χ0) is 17.7. The first-order valence-corrected chi connectivity index (χ1v) is 9.29. The lowest BCUT2D eigenvalue weighted by atomic mass is 10.1. The standard InChI is InChI=1S/C18H18N2O4S/c1-2-23-15-7-9-16(10-8-15)25(21,22)20-13-14-5-3-11-19-18(14)17-6-4-12-24-17/h3-12,20H,2,13H2,1H3. The van der Waals surface area contributed by atoms with Gasteiger partial charge in [-0.2, -0.15) is 0 Å². The second-order valence-electron chi connectivity index (χ2n) is 5.22. The average molecular weight is 358 g/mol. The second-order valence-corrected chi connectivity index (χ2v) is 6.98. The molecule has 2 heterocycles. The molecule has 3 rings (SSSR count). The summed E-state index contributed by atoms with van der Waals surface area (Å²) < 4.78 is 38.2. The van der Waals surface area contributed by atoms with Crippen LogP contribution < -0.4 is 9.46 Å². The van der Waals surface area contributed by atoms with Crippen molar-refractivity contribution < 1.29 is 17.6 Å². The van der Waals surface area contributed by atoms with Crippen LogP contribution in [0.2, 0.25) is 0 Å². The zero-order valence-corrected chi connectivity index (χ0v) is 14.5. The van der Waals surface area contributed by atoms with Crippen LogP contribution in [0.5, 0.6) is 5.75 Å². The molecule has 1 N–H and O–H groups in total. The quantitative estimate of drug-likeness (QED) is 0.701. The highest BCUT2D eigenvalue weighted by atomic mass is 32.2. The van der Waals surface area contributed by atoms with Crippen LogP contribution in [-0.2, 0) is 16.6 Å². The summed E-state index contributed by atoms with van der Waals surface area (Å²) >= 11 is 0. The Hall–Kier alpha value is -2.64. The molecule has 3 aromatic rings. The smallest absolute Gasteiger partial charge is 0.240 e. The molecule has 2 aromatic heterocycles. The largest absolute Gasteiger partial charge is 0.494 e. The molecule has 7 heteroatoms. The van der Waals surface area contributed by atoms with Gasteiger partial charge in [-0.3, -0.25) is 4.98 Å². The lowest BCUT2D eigenvalue weighted by Gasteiger charge is -2.10. The summed E-state index contributed by atoms with van der Waals surface area (Å²) in [6.45, 7) is 2.51. The summed E-state index contributed by atoms with van der Waals surface area (Å²) in [6.07, 6.45) is 3.19. The van der Waals surface area contributed by atoms with Gasteiger partial charge >= 0.3 is 0 Å². The van der Waals surface area contributed by atoms with E-state index in [4.69, 9.17) is 9.15 Å². The molecule has 0 aliphatic carbocycles. The molecule has 1 aromatic carbocycles. The van der Waals surface area contributed by atoms with Gasteiger partial charge in [-0.1, -0.05) is 6.07 Å². The normalized spacial score (nSPS) is 11.4. The van der Waals surface area contributed by atoms with E-state index in [0.717, 1.165) is 5.56 Å². The van der Waals surface area contributed by atoms with Gasteiger partial charge < -0.3 is 9.15 Å². The third kappa shape index (κ3) is 4.07. The SMILES string of the molecule is CCOc1ccc(S(=O)(=O)NCc2cccnc2-c2ccco2)cc1. The highest BCUT2D eigenvalue weighted by molar-refractivity contribution is 7.89. The minimum atomic E-state index is -3.64. The first kappa shape index (κ1) is 17.2. The molecule has 0 fully saturated rings. The molecule has 0 bridgehead atoms. The molecule has 0 amide bonds. The van der Waals surface area contributed by atoms with Crippen molar-refractivity contribution in [1.82, 2.24) is 9.71 Å². The Kier molecular flexibility index (Phi) is 5.16. The Morgan fingerprint density at radius 3 is 2.60 bits per heavy atom. The summed E-state index contributed by atoms with van der Waals surface area (Å²) in [6, 6.07) is 13.4. The number of nitrogens with zero attached hydrogens (tertiary/aromatic N) is 1. The van der Waals surface area contributed by atoms with Crippen LogP contribution >= 0.6 is 0 Å². The van der Waals surface area contributed by atoms with Crippen LogP contribution in [0.25, 0.3) is 11.5 Å². The molecule has 0 radical (unpaired) electrons. The molecule has 130 valence electrons. The van der Waals surface area contributed by atoms with E-state index in [9.17, 15) is 8.42 Å². The van der Waals surface area contributed by atoms with Gasteiger partial charge in [0.25, 0.3) is 0 Å². The van der Waals surface area contributed by atoms with Gasteiger partial charge in [0, 0.05) is 12.7 Å². The van der Waals surface area contributed by atoms with E-state index in [1.54, 1.807) is 42.8 Å². The highest BCUT2D eigenvalue weighted by Crippen LogP contribution is 2.22. The fourth-order valence-electron chi connectivity index (χ4n) is 2.35. The number of hydrogen-bond acceptors (Lipinski definition) is 5. The van der Waals surface area contributed by atoms with E-state index in [1.807, 2.05) is 13.0 Å². The second kappa shape index (κ2) is 7.50. The van der Waals surface area contributed by atoms with Gasteiger partial charge in [-0.05, 0) is 55.0 Å². The molecule has 0 aliphatic heterocycles. The first-order chi connectivity index (χ1) is 12.1. The highest BCUT2D eigenvalue weighted by Gasteiger charge is 2.16. The topological polar surface area (TPSA) is 81.4 Å². The van der Waals surface area contributed by atoms with Crippen molar-refractivity contribution in [2.45, 2.75) is 18.4 Å². The number of pyridine rings is 1. The summed E-state index contributed by atoms with van der Waals surface area (Å²) in [5, 5.41) is 0. The maximum atomic E-state index is 12.5. The monoisotopic (exact) mass is 358 g/mol. The van der Waals surface area contributed by atoms with E-state index in [0.29, 0.717) is 23.8 Å². The number of rotatable bonds is 7. The molecular weight excluding hydrogens is 340 g/mol. The third-order valence-electron chi connectivity index (χ3n) is 3.54. The Balaban J connectivity index is 1.77. The van der Waals surface area contributed by atoms with Crippen molar-refractivity contribution in [3.05, 3.63) is 66.6 Å². The number of sulfonamides is 1. The van der Waals surface area contributed by atoms with Gasteiger partial charge in [0.05, 0.1) is 17.8 Å². The number of nitrogens with one attached hydrogen (secondary N) is 1. The van der Waals surface area contributed by atoms with Crippen molar-refractivity contribution in [1.29, 1.82) is 0 Å². The Morgan fingerprint density at radius 1 is 1.12 bits per heavy atom. The van der Waals surface area contributed by atoms with Gasteiger partial charge in [0.2, 0.25) is 10.0 Å². The van der Waals surface area contributed by atoms with Crippen molar-refractivity contribution in [2.24, 2.45) is 0 Å². The van der Waals surface area contributed by atoms with Gasteiger partial charge in [-0.15, -0.1) is 0 Å². The third-order valence-corrected chi connectivity index (χ3v) is 4.96. The van der Waals surface area contributed by atoms with E-state index in [-0.39, 0.29) is 11.4 Å². The van der Waals surface area contributed by atoms with Crippen molar-refractivity contribution in [2.75, 3.05) is 6.61 Å². The van der Waals surface area contributed by atoms with Gasteiger partial charge in [0.1, 0.15) is 11.4 Å². The zero-order valence-electron chi connectivity index (χ0n) is 13.7. The summed E-state index contributed by atoms with van der Waals surface area (Å²) in [7, 11) is -3.64.